The summed E-state index contributed by atoms with van der Waals surface area (Å²) in [6.07, 6.45) is 5.54. The summed E-state index contributed by atoms with van der Waals surface area (Å²) < 4.78 is 0.161. The van der Waals surface area contributed by atoms with Crippen LogP contribution in [0.2, 0.25) is 0 Å². The molecule has 2 fully saturated rings. The Balaban J connectivity index is 2.01. The van der Waals surface area contributed by atoms with E-state index in [-0.39, 0.29) is 22.1 Å². The number of nitrogens with zero attached hydrogens (tertiary/aromatic N) is 1. The molecule has 1 saturated carbocycles. The number of hydrogen-bond donors (Lipinski definition) is 2. The largest absolute Gasteiger partial charge is 0.480 e. The fourth-order valence-electron chi connectivity index (χ4n) is 2.84. The molecule has 1 saturated heterocycles. The van der Waals surface area contributed by atoms with E-state index >= 15 is 0 Å². The van der Waals surface area contributed by atoms with Gasteiger partial charge in [-0.25, -0.2) is 9.59 Å². The second-order valence-electron chi connectivity index (χ2n) is 6.13. The van der Waals surface area contributed by atoms with Gasteiger partial charge in [0.15, 0.2) is 0 Å². The van der Waals surface area contributed by atoms with Gasteiger partial charge in [-0.3, -0.25) is 4.90 Å². The molecule has 0 aromatic heterocycles. The van der Waals surface area contributed by atoms with Gasteiger partial charge < -0.3 is 10.4 Å². The van der Waals surface area contributed by atoms with Crippen molar-refractivity contribution in [3.05, 3.63) is 0 Å². The van der Waals surface area contributed by atoms with Gasteiger partial charge in [0.25, 0.3) is 0 Å². The van der Waals surface area contributed by atoms with Crippen molar-refractivity contribution in [3.63, 3.8) is 0 Å². The van der Waals surface area contributed by atoms with Gasteiger partial charge >= 0.3 is 12.0 Å². The summed E-state index contributed by atoms with van der Waals surface area (Å²) in [5, 5.41) is 12.2. The molecule has 5 nitrogen and oxygen atoms in total. The average molecular weight is 332 g/mol. The Morgan fingerprint density at radius 1 is 1.48 bits per heavy atom. The van der Waals surface area contributed by atoms with Crippen molar-refractivity contribution in [1.29, 1.82) is 0 Å². The minimum Gasteiger partial charge on any atom is -0.480 e. The third kappa shape index (κ3) is 3.44. The Labute approximate surface area is 134 Å². The molecule has 120 valence electrons. The molecule has 2 N–H and O–H groups in total. The van der Waals surface area contributed by atoms with Gasteiger partial charge in [0, 0.05) is 17.0 Å². The first-order chi connectivity index (χ1) is 9.90. The van der Waals surface area contributed by atoms with E-state index in [0.29, 0.717) is 12.3 Å². The molecule has 1 aliphatic heterocycles. The lowest BCUT2D eigenvalue weighted by atomic mass is 9.84. The maximum Gasteiger partial charge on any atom is 0.327 e. The number of rotatable bonds is 5. The molecule has 0 radical (unpaired) electrons. The zero-order chi connectivity index (χ0) is 15.6. The first-order valence-corrected chi connectivity index (χ1v) is 9.63. The molecular weight excluding hydrogens is 308 g/mol. The second kappa shape index (κ2) is 6.69. The highest BCUT2D eigenvalue weighted by molar-refractivity contribution is 8.00. The highest BCUT2D eigenvalue weighted by Gasteiger charge is 2.44. The van der Waals surface area contributed by atoms with E-state index in [2.05, 4.69) is 11.6 Å². The van der Waals surface area contributed by atoms with Crippen LogP contribution in [0.15, 0.2) is 0 Å². The molecule has 0 aromatic rings. The highest BCUT2D eigenvalue weighted by Crippen LogP contribution is 2.42. The summed E-state index contributed by atoms with van der Waals surface area (Å²) in [5.41, 5.74) is 0. The van der Waals surface area contributed by atoms with Gasteiger partial charge in [-0.05, 0) is 25.0 Å². The first kappa shape index (κ1) is 16.8. The van der Waals surface area contributed by atoms with Gasteiger partial charge in [-0.15, -0.1) is 11.8 Å². The molecule has 2 atom stereocenters. The number of urea groups is 1. The van der Waals surface area contributed by atoms with E-state index in [4.69, 9.17) is 0 Å². The molecule has 2 rings (SSSR count). The van der Waals surface area contributed by atoms with Gasteiger partial charge in [-0.1, -0.05) is 20.3 Å². The maximum atomic E-state index is 12.5. The summed E-state index contributed by atoms with van der Waals surface area (Å²) in [6, 6.07) is -0.944. The zero-order valence-corrected chi connectivity index (χ0v) is 14.4. The van der Waals surface area contributed by atoms with Crippen LogP contribution in [0.3, 0.4) is 0 Å². The van der Waals surface area contributed by atoms with Crippen molar-refractivity contribution in [2.24, 2.45) is 5.92 Å². The molecule has 21 heavy (non-hydrogen) atoms. The number of thioether (sulfide) groups is 2. The molecule has 0 spiro atoms. The molecule has 2 amide bonds. The molecular formula is C14H24N2O3S2. The summed E-state index contributed by atoms with van der Waals surface area (Å²) in [4.78, 5) is 25.4. The van der Waals surface area contributed by atoms with Gasteiger partial charge in [0.05, 0.1) is 5.37 Å². The van der Waals surface area contributed by atoms with E-state index in [1.165, 1.54) is 11.3 Å². The fourth-order valence-corrected chi connectivity index (χ4v) is 5.23. The monoisotopic (exact) mass is 332 g/mol. The predicted octanol–water partition coefficient (Wildman–Crippen LogP) is 2.47. The minimum atomic E-state index is -0.913. The Hall–Kier alpha value is -0.560. The number of aliphatic carboxylic acids is 1. The summed E-state index contributed by atoms with van der Waals surface area (Å²) in [5.74, 6) is -0.202. The molecule has 2 unspecified atom stereocenters. The maximum absolute atomic E-state index is 12.5. The summed E-state index contributed by atoms with van der Waals surface area (Å²) in [6.45, 7) is 4.68. The lowest BCUT2D eigenvalue weighted by Crippen LogP contribution is -2.54. The fraction of sp³-hybridized carbons (Fsp3) is 0.857. The molecule has 1 heterocycles. The van der Waals surface area contributed by atoms with Crippen LogP contribution in [0, 0.1) is 5.92 Å². The van der Waals surface area contributed by atoms with E-state index < -0.39 is 12.0 Å². The van der Waals surface area contributed by atoms with Gasteiger partial charge in [0.2, 0.25) is 0 Å². The van der Waals surface area contributed by atoms with Crippen molar-refractivity contribution in [1.82, 2.24) is 10.2 Å². The van der Waals surface area contributed by atoms with Crippen LogP contribution >= 0.6 is 23.5 Å². The SMILES string of the molecule is CSC1(CNC(=O)N2C(C(=O)O)CSC2C(C)C)CCC1. The predicted molar refractivity (Wildman–Crippen MR) is 87.8 cm³/mol. The van der Waals surface area contributed by atoms with Crippen LogP contribution in [0.25, 0.3) is 0 Å². The number of carboxylic acid groups (broad SMARTS) is 1. The van der Waals surface area contributed by atoms with Crippen molar-refractivity contribution >= 4 is 35.5 Å². The van der Waals surface area contributed by atoms with Crippen molar-refractivity contribution in [3.8, 4) is 0 Å². The van der Waals surface area contributed by atoms with E-state index in [1.54, 1.807) is 23.5 Å². The molecule has 7 heteroatoms. The first-order valence-electron chi connectivity index (χ1n) is 7.36. The number of amides is 2. The quantitative estimate of drug-likeness (QED) is 0.809. The average Bonchev–Trinajstić information content (AvgIpc) is 2.82. The van der Waals surface area contributed by atoms with Crippen molar-refractivity contribution in [2.45, 2.75) is 49.3 Å². The van der Waals surface area contributed by atoms with Crippen LogP contribution in [0.1, 0.15) is 33.1 Å². The normalized spacial score (nSPS) is 27.5. The second-order valence-corrected chi connectivity index (χ2v) is 8.55. The topological polar surface area (TPSA) is 69.6 Å². The lowest BCUT2D eigenvalue weighted by molar-refractivity contribution is -0.141. The van der Waals surface area contributed by atoms with E-state index in [1.807, 2.05) is 13.8 Å². The lowest BCUT2D eigenvalue weighted by Gasteiger charge is -2.41. The third-order valence-electron chi connectivity index (χ3n) is 4.38. The van der Waals surface area contributed by atoms with Crippen LogP contribution in [-0.2, 0) is 4.79 Å². The van der Waals surface area contributed by atoms with E-state index in [9.17, 15) is 14.7 Å². The van der Waals surface area contributed by atoms with Crippen LogP contribution in [-0.4, -0.2) is 56.7 Å². The minimum absolute atomic E-state index is 0.0577. The Morgan fingerprint density at radius 2 is 2.14 bits per heavy atom. The Morgan fingerprint density at radius 3 is 2.57 bits per heavy atom. The van der Waals surface area contributed by atoms with Gasteiger partial charge in [0.1, 0.15) is 6.04 Å². The zero-order valence-electron chi connectivity index (χ0n) is 12.8. The van der Waals surface area contributed by atoms with E-state index in [0.717, 1.165) is 12.8 Å². The van der Waals surface area contributed by atoms with Gasteiger partial charge in [-0.2, -0.15) is 11.8 Å². The number of hydrogen-bond acceptors (Lipinski definition) is 4. The Kier molecular flexibility index (Phi) is 5.35. The van der Waals surface area contributed by atoms with Crippen molar-refractivity contribution < 1.29 is 14.7 Å². The summed E-state index contributed by atoms with van der Waals surface area (Å²) in [7, 11) is 0. The molecule has 0 aromatic carbocycles. The molecule has 0 bridgehead atoms. The van der Waals surface area contributed by atoms with Crippen LogP contribution in [0.5, 0.6) is 0 Å². The summed E-state index contributed by atoms with van der Waals surface area (Å²) >= 11 is 3.36. The number of carboxylic acids is 1. The molecule has 2 aliphatic rings. The highest BCUT2D eigenvalue weighted by atomic mass is 32.2. The standard InChI is InChI=1S/C14H24N2O3S2/c1-9(2)11-16(10(7-21-11)12(17)18)13(19)15-8-14(20-3)5-4-6-14/h9-11H,4-8H2,1-3H3,(H,15,19)(H,17,18). The number of carbonyl (C=O) groups excluding carboxylic acids is 1. The number of carbonyl (C=O) groups is 2. The number of nitrogens with one attached hydrogen (secondary N) is 1. The van der Waals surface area contributed by atoms with Crippen molar-refractivity contribution in [2.75, 3.05) is 18.6 Å². The Bertz CT molecular complexity index is 408. The smallest absolute Gasteiger partial charge is 0.327 e. The van der Waals surface area contributed by atoms with Crippen LogP contribution in [0.4, 0.5) is 4.79 Å². The van der Waals surface area contributed by atoms with Crippen LogP contribution < -0.4 is 5.32 Å². The molecule has 1 aliphatic carbocycles. The third-order valence-corrected chi connectivity index (χ3v) is 7.42.